The molecule has 0 radical (unpaired) electrons. The van der Waals surface area contributed by atoms with Gasteiger partial charge in [0.2, 0.25) is 0 Å². The lowest BCUT2D eigenvalue weighted by molar-refractivity contribution is 0.305. The summed E-state index contributed by atoms with van der Waals surface area (Å²) in [4.78, 5) is 2.65. The SMILES string of the molecule is Cc1cc(C)c(CN2CC3CNCC3C2)cc1C. The van der Waals surface area contributed by atoms with E-state index in [1.165, 1.54) is 48.4 Å². The van der Waals surface area contributed by atoms with Gasteiger partial charge in [0.05, 0.1) is 0 Å². The van der Waals surface area contributed by atoms with Crippen LogP contribution in [0.5, 0.6) is 0 Å². The standard InChI is InChI=1S/C16H24N2/c1-11-4-13(3)14(5-12(11)2)8-18-9-15-6-17-7-16(15)10-18/h4-5,15-17H,6-10H2,1-3H3. The Bertz CT molecular complexity index is 441. The fraction of sp³-hybridized carbons (Fsp3) is 0.625. The highest BCUT2D eigenvalue weighted by molar-refractivity contribution is 5.36. The molecule has 98 valence electrons. The van der Waals surface area contributed by atoms with Crippen LogP contribution in [0.25, 0.3) is 0 Å². The largest absolute Gasteiger partial charge is 0.316 e. The number of nitrogens with zero attached hydrogens (tertiary/aromatic N) is 1. The summed E-state index contributed by atoms with van der Waals surface area (Å²) >= 11 is 0. The van der Waals surface area contributed by atoms with Crippen LogP contribution in [0, 0.1) is 32.6 Å². The predicted molar refractivity (Wildman–Crippen MR) is 75.8 cm³/mol. The minimum Gasteiger partial charge on any atom is -0.316 e. The third-order valence-electron chi connectivity index (χ3n) is 4.81. The number of hydrogen-bond acceptors (Lipinski definition) is 2. The summed E-state index contributed by atoms with van der Waals surface area (Å²) in [5.41, 5.74) is 5.81. The molecular weight excluding hydrogens is 220 g/mol. The molecule has 3 rings (SSSR count). The normalized spacial score (nSPS) is 27.7. The zero-order chi connectivity index (χ0) is 12.7. The van der Waals surface area contributed by atoms with Gasteiger partial charge in [0.25, 0.3) is 0 Å². The first-order valence-electron chi connectivity index (χ1n) is 7.13. The first-order chi connectivity index (χ1) is 8.63. The summed E-state index contributed by atoms with van der Waals surface area (Å²) in [7, 11) is 0. The topological polar surface area (TPSA) is 15.3 Å². The van der Waals surface area contributed by atoms with Crippen molar-refractivity contribution in [3.8, 4) is 0 Å². The molecule has 1 aromatic carbocycles. The van der Waals surface area contributed by atoms with Crippen molar-refractivity contribution >= 4 is 0 Å². The number of likely N-dealkylation sites (tertiary alicyclic amines) is 1. The molecule has 0 amide bonds. The highest BCUT2D eigenvalue weighted by Crippen LogP contribution is 2.28. The zero-order valence-electron chi connectivity index (χ0n) is 11.8. The second kappa shape index (κ2) is 4.67. The van der Waals surface area contributed by atoms with E-state index in [9.17, 15) is 0 Å². The quantitative estimate of drug-likeness (QED) is 0.858. The van der Waals surface area contributed by atoms with Crippen LogP contribution in [0.3, 0.4) is 0 Å². The molecule has 0 saturated carbocycles. The van der Waals surface area contributed by atoms with E-state index < -0.39 is 0 Å². The number of rotatable bonds is 2. The third-order valence-corrected chi connectivity index (χ3v) is 4.81. The second-order valence-electron chi connectivity index (χ2n) is 6.24. The number of benzene rings is 1. The van der Waals surface area contributed by atoms with E-state index in [2.05, 4.69) is 43.1 Å². The Morgan fingerprint density at radius 3 is 2.28 bits per heavy atom. The molecule has 2 nitrogen and oxygen atoms in total. The molecule has 1 aromatic rings. The van der Waals surface area contributed by atoms with Crippen molar-refractivity contribution < 1.29 is 0 Å². The molecule has 0 spiro atoms. The van der Waals surface area contributed by atoms with Gasteiger partial charge in [0.1, 0.15) is 0 Å². The Hall–Kier alpha value is -0.860. The van der Waals surface area contributed by atoms with Gasteiger partial charge in [-0.15, -0.1) is 0 Å². The van der Waals surface area contributed by atoms with Gasteiger partial charge in [-0.2, -0.15) is 0 Å². The number of nitrogens with one attached hydrogen (secondary N) is 1. The maximum atomic E-state index is 3.51. The van der Waals surface area contributed by atoms with E-state index in [-0.39, 0.29) is 0 Å². The van der Waals surface area contributed by atoms with Crippen molar-refractivity contribution in [2.75, 3.05) is 26.2 Å². The molecule has 2 aliphatic heterocycles. The van der Waals surface area contributed by atoms with Crippen LogP contribution in [0.2, 0.25) is 0 Å². The molecule has 0 aliphatic carbocycles. The van der Waals surface area contributed by atoms with Crippen LogP contribution in [0.15, 0.2) is 12.1 Å². The summed E-state index contributed by atoms with van der Waals surface area (Å²) < 4.78 is 0. The minimum atomic E-state index is 0.900. The van der Waals surface area contributed by atoms with Gasteiger partial charge >= 0.3 is 0 Å². The van der Waals surface area contributed by atoms with Crippen molar-refractivity contribution in [1.29, 1.82) is 0 Å². The second-order valence-corrected chi connectivity index (χ2v) is 6.24. The van der Waals surface area contributed by atoms with E-state index >= 15 is 0 Å². The Labute approximate surface area is 110 Å². The van der Waals surface area contributed by atoms with Gasteiger partial charge in [-0.1, -0.05) is 12.1 Å². The van der Waals surface area contributed by atoms with Gasteiger partial charge in [-0.25, -0.2) is 0 Å². The third kappa shape index (κ3) is 2.19. The van der Waals surface area contributed by atoms with Gasteiger partial charge in [0.15, 0.2) is 0 Å². The molecule has 0 aromatic heterocycles. The molecule has 2 aliphatic rings. The molecule has 2 heterocycles. The smallest absolute Gasteiger partial charge is 0.0236 e. The van der Waals surface area contributed by atoms with E-state index in [0.717, 1.165) is 18.4 Å². The summed E-state index contributed by atoms with van der Waals surface area (Å²) in [5.74, 6) is 1.80. The molecule has 2 unspecified atom stereocenters. The summed E-state index contributed by atoms with van der Waals surface area (Å²) in [6.45, 7) is 12.8. The monoisotopic (exact) mass is 244 g/mol. The molecule has 0 bridgehead atoms. The molecule has 2 saturated heterocycles. The molecule has 1 N–H and O–H groups in total. The lowest BCUT2D eigenvalue weighted by Gasteiger charge is -2.19. The first-order valence-corrected chi connectivity index (χ1v) is 7.13. The summed E-state index contributed by atoms with van der Waals surface area (Å²) in [5, 5.41) is 3.51. The van der Waals surface area contributed by atoms with Crippen LogP contribution < -0.4 is 5.32 Å². The maximum absolute atomic E-state index is 3.51. The number of fused-ring (bicyclic) bond motifs is 1. The van der Waals surface area contributed by atoms with E-state index in [4.69, 9.17) is 0 Å². The van der Waals surface area contributed by atoms with Crippen molar-refractivity contribution in [1.82, 2.24) is 10.2 Å². The summed E-state index contributed by atoms with van der Waals surface area (Å²) in [6, 6.07) is 4.72. The number of hydrogen-bond donors (Lipinski definition) is 1. The van der Waals surface area contributed by atoms with Crippen LogP contribution in [-0.4, -0.2) is 31.1 Å². The van der Waals surface area contributed by atoms with E-state index in [1.54, 1.807) is 0 Å². The predicted octanol–water partition coefficient (Wildman–Crippen LogP) is 2.26. The average Bonchev–Trinajstić information content (AvgIpc) is 2.86. The van der Waals surface area contributed by atoms with E-state index in [0.29, 0.717) is 0 Å². The van der Waals surface area contributed by atoms with Gasteiger partial charge in [0, 0.05) is 19.6 Å². The summed E-state index contributed by atoms with van der Waals surface area (Å²) in [6.07, 6.45) is 0. The lowest BCUT2D eigenvalue weighted by Crippen LogP contribution is -2.25. The van der Waals surface area contributed by atoms with Crippen LogP contribution in [-0.2, 0) is 6.54 Å². The van der Waals surface area contributed by atoms with Crippen molar-refractivity contribution in [2.24, 2.45) is 11.8 Å². The highest BCUT2D eigenvalue weighted by atomic mass is 15.2. The zero-order valence-corrected chi connectivity index (χ0v) is 11.8. The van der Waals surface area contributed by atoms with Crippen LogP contribution in [0.4, 0.5) is 0 Å². The van der Waals surface area contributed by atoms with Crippen molar-refractivity contribution in [3.05, 3.63) is 34.4 Å². The first kappa shape index (κ1) is 12.2. The van der Waals surface area contributed by atoms with Crippen LogP contribution >= 0.6 is 0 Å². The van der Waals surface area contributed by atoms with Crippen molar-refractivity contribution in [3.63, 3.8) is 0 Å². The van der Waals surface area contributed by atoms with Crippen molar-refractivity contribution in [2.45, 2.75) is 27.3 Å². The Balaban J connectivity index is 1.72. The Kier molecular flexibility index (Phi) is 3.16. The molecule has 2 heteroatoms. The molecule has 2 atom stereocenters. The van der Waals surface area contributed by atoms with Gasteiger partial charge in [-0.05, 0) is 68.0 Å². The highest BCUT2D eigenvalue weighted by Gasteiger charge is 2.35. The molecule has 18 heavy (non-hydrogen) atoms. The van der Waals surface area contributed by atoms with Crippen LogP contribution in [0.1, 0.15) is 22.3 Å². The van der Waals surface area contributed by atoms with Gasteiger partial charge in [-0.3, -0.25) is 4.90 Å². The van der Waals surface area contributed by atoms with Gasteiger partial charge < -0.3 is 5.32 Å². The maximum Gasteiger partial charge on any atom is 0.0236 e. The average molecular weight is 244 g/mol. The van der Waals surface area contributed by atoms with E-state index in [1.807, 2.05) is 0 Å². The lowest BCUT2D eigenvalue weighted by atomic mass is 10.0. The molecular formula is C16H24N2. The molecule has 2 fully saturated rings. The Morgan fingerprint density at radius 2 is 1.61 bits per heavy atom. The Morgan fingerprint density at radius 1 is 1.00 bits per heavy atom. The fourth-order valence-electron chi connectivity index (χ4n) is 3.51. The number of aryl methyl sites for hydroxylation is 3. The minimum absolute atomic E-state index is 0.900. The fourth-order valence-corrected chi connectivity index (χ4v) is 3.51.